The molecule has 0 unspecified atom stereocenters. The largest absolute Gasteiger partial charge is 0.312 e. The van der Waals surface area contributed by atoms with Crippen molar-refractivity contribution in [3.8, 4) is 11.3 Å². The van der Waals surface area contributed by atoms with Crippen molar-refractivity contribution >= 4 is 22.8 Å². The summed E-state index contributed by atoms with van der Waals surface area (Å²) in [6.45, 7) is 14.3. The van der Waals surface area contributed by atoms with Gasteiger partial charge in [0.05, 0.1) is 11.7 Å². The van der Waals surface area contributed by atoms with Gasteiger partial charge in [-0.1, -0.05) is 13.0 Å². The van der Waals surface area contributed by atoms with Gasteiger partial charge < -0.3 is 15.2 Å². The van der Waals surface area contributed by atoms with Gasteiger partial charge >= 0.3 is 0 Å². The van der Waals surface area contributed by atoms with Gasteiger partial charge in [-0.25, -0.2) is 33.4 Å². The number of likely N-dealkylation sites (N-methyl/N-ethyl adjacent to an activating group) is 1. The Morgan fingerprint density at radius 1 is 0.974 bits per heavy atom. The third kappa shape index (κ3) is 5.69. The average Bonchev–Trinajstić information content (AvgIpc) is 3.27. The number of nitrogens with one attached hydrogen (secondary N) is 1. The molecule has 39 heavy (non-hydrogen) atoms. The molecule has 4 aromatic rings. The predicted octanol–water partition coefficient (Wildman–Crippen LogP) is 4.33. The summed E-state index contributed by atoms with van der Waals surface area (Å²) in [5.74, 6) is 0.168. The quantitative estimate of drug-likeness (QED) is 0.357. The van der Waals surface area contributed by atoms with E-state index in [9.17, 15) is 4.39 Å². The van der Waals surface area contributed by atoms with Gasteiger partial charge in [-0.15, -0.1) is 0 Å². The molecule has 4 heterocycles. The molecule has 206 valence electrons. The number of hydrogen-bond donors (Lipinski definition) is 1. The van der Waals surface area contributed by atoms with Gasteiger partial charge in [-0.2, -0.15) is 0 Å². The Morgan fingerprint density at radius 3 is 2.38 bits per heavy atom. The monoisotopic (exact) mass is 535 g/mol. The Morgan fingerprint density at radius 2 is 1.72 bits per heavy atom. The zero-order valence-corrected chi connectivity index (χ0v) is 23.1. The molecule has 0 atom stereocenters. The summed E-state index contributed by atoms with van der Waals surface area (Å²) in [5, 5.41) is 5.00. The number of nitrogens with zero attached hydrogens (tertiary/aromatic N) is 8. The summed E-state index contributed by atoms with van der Waals surface area (Å²) >= 11 is 0. The van der Waals surface area contributed by atoms with Crippen LogP contribution in [0.25, 0.3) is 22.3 Å². The lowest BCUT2D eigenvalue weighted by Gasteiger charge is -2.33. The van der Waals surface area contributed by atoms with Gasteiger partial charge in [-0.05, 0) is 51.1 Å². The first-order valence-electron chi connectivity index (χ1n) is 13.3. The zero-order chi connectivity index (χ0) is 27.7. The lowest BCUT2D eigenvalue weighted by atomic mass is 10.1. The maximum absolute atomic E-state index is 15.1. The number of aromatic nitrogens is 5. The minimum Gasteiger partial charge on any atom is -0.312 e. The van der Waals surface area contributed by atoms with Crippen LogP contribution in [0.15, 0.2) is 36.7 Å². The Bertz CT molecular complexity index is 1440. The van der Waals surface area contributed by atoms with E-state index in [2.05, 4.69) is 42.0 Å². The highest BCUT2D eigenvalue weighted by Crippen LogP contribution is 2.29. The molecule has 5 rings (SSSR count). The van der Waals surface area contributed by atoms with Crippen molar-refractivity contribution in [1.82, 2.24) is 34.4 Å². The first-order valence-corrected chi connectivity index (χ1v) is 13.3. The van der Waals surface area contributed by atoms with Crippen molar-refractivity contribution in [3.63, 3.8) is 0 Å². The fourth-order valence-corrected chi connectivity index (χ4v) is 4.86. The van der Waals surface area contributed by atoms with Crippen LogP contribution < -0.4 is 10.3 Å². The van der Waals surface area contributed by atoms with E-state index in [4.69, 9.17) is 0 Å². The fraction of sp³-hybridized carbons (Fsp3) is 0.429. The zero-order valence-electron chi connectivity index (χ0n) is 23.1. The Balaban J connectivity index is 1.36. The van der Waals surface area contributed by atoms with Crippen molar-refractivity contribution in [2.24, 2.45) is 0 Å². The molecule has 0 aliphatic carbocycles. The van der Waals surface area contributed by atoms with Gasteiger partial charge in [0.25, 0.3) is 0 Å². The van der Waals surface area contributed by atoms with E-state index in [-0.39, 0.29) is 23.2 Å². The molecular formula is C28H35F2N9. The lowest BCUT2D eigenvalue weighted by molar-refractivity contribution is 0.132. The third-order valence-electron chi connectivity index (χ3n) is 7.31. The molecule has 1 aliphatic heterocycles. The van der Waals surface area contributed by atoms with Crippen LogP contribution in [-0.2, 0) is 6.54 Å². The van der Waals surface area contributed by atoms with Crippen molar-refractivity contribution in [2.75, 3.05) is 50.1 Å². The third-order valence-corrected chi connectivity index (χ3v) is 7.31. The number of halogens is 2. The van der Waals surface area contributed by atoms with Crippen LogP contribution >= 0.6 is 0 Å². The minimum atomic E-state index is -0.647. The molecule has 11 heteroatoms. The van der Waals surface area contributed by atoms with Crippen molar-refractivity contribution in [2.45, 2.75) is 40.3 Å². The Kier molecular flexibility index (Phi) is 7.72. The first-order chi connectivity index (χ1) is 18.7. The summed E-state index contributed by atoms with van der Waals surface area (Å²) in [7, 11) is 1.90. The van der Waals surface area contributed by atoms with Gasteiger partial charge in [0.1, 0.15) is 22.9 Å². The number of anilines is 2. The van der Waals surface area contributed by atoms with Crippen LogP contribution in [0, 0.1) is 18.6 Å². The first kappa shape index (κ1) is 26.9. The number of benzene rings is 1. The molecule has 3 aromatic heterocycles. The minimum absolute atomic E-state index is 0.00579. The van der Waals surface area contributed by atoms with Crippen molar-refractivity contribution in [1.29, 1.82) is 0 Å². The molecule has 0 radical (unpaired) electrons. The van der Waals surface area contributed by atoms with Crippen LogP contribution in [0.2, 0.25) is 0 Å². The summed E-state index contributed by atoms with van der Waals surface area (Å²) in [6, 6.07) is 6.99. The molecule has 0 saturated carbocycles. The van der Waals surface area contributed by atoms with Crippen LogP contribution in [0.5, 0.6) is 0 Å². The summed E-state index contributed by atoms with van der Waals surface area (Å²) in [4.78, 5) is 22.2. The van der Waals surface area contributed by atoms with Crippen LogP contribution in [0.3, 0.4) is 0 Å². The molecule has 0 spiro atoms. The number of piperazine rings is 1. The standard InChI is InChI=1S/C28H35F2N9/c1-6-37-9-11-38(12-10-37)17-20-7-8-25(31-15-20)34-28-32-16-23(30)26(35-28)21-13-22(29)27-24(14-21)39(19(4)33-27)36(5)18(2)3/h7-8,13-16,18H,6,9-12,17H2,1-5H3,(H,31,32,34,35). The number of hydrogen-bond acceptors (Lipinski definition) is 8. The second kappa shape index (κ2) is 11.2. The molecule has 1 aromatic carbocycles. The number of fused-ring (bicyclic) bond motifs is 1. The van der Waals surface area contributed by atoms with Crippen molar-refractivity contribution < 1.29 is 8.78 Å². The molecule has 1 fully saturated rings. The van der Waals surface area contributed by atoms with Crippen LogP contribution in [0.4, 0.5) is 20.5 Å². The second-order valence-electron chi connectivity index (χ2n) is 10.2. The molecule has 1 aliphatic rings. The predicted molar refractivity (Wildman–Crippen MR) is 150 cm³/mol. The Labute approximate surface area is 227 Å². The molecule has 1 saturated heterocycles. The van der Waals surface area contributed by atoms with E-state index in [0.29, 0.717) is 22.7 Å². The van der Waals surface area contributed by atoms with E-state index in [0.717, 1.165) is 51.0 Å². The molecular weight excluding hydrogens is 500 g/mol. The maximum Gasteiger partial charge on any atom is 0.229 e. The molecule has 9 nitrogen and oxygen atoms in total. The van der Waals surface area contributed by atoms with Gasteiger partial charge in [-0.3, -0.25) is 4.90 Å². The summed E-state index contributed by atoms with van der Waals surface area (Å²) in [5.41, 5.74) is 2.18. The summed E-state index contributed by atoms with van der Waals surface area (Å²) < 4.78 is 31.9. The number of pyridine rings is 1. The van der Waals surface area contributed by atoms with Gasteiger partial charge in [0, 0.05) is 57.6 Å². The number of imidazole rings is 1. The SMILES string of the molecule is CCN1CCN(Cc2ccc(Nc3ncc(F)c(-c4cc(F)c5nc(C)n(N(C)C(C)C)c5c4)n3)nc2)CC1. The lowest BCUT2D eigenvalue weighted by Crippen LogP contribution is -2.45. The van der Waals surface area contributed by atoms with Crippen LogP contribution in [0.1, 0.15) is 32.2 Å². The topological polar surface area (TPSA) is 78.2 Å². The highest BCUT2D eigenvalue weighted by Gasteiger charge is 2.20. The maximum atomic E-state index is 15.1. The molecule has 1 N–H and O–H groups in total. The highest BCUT2D eigenvalue weighted by molar-refractivity contribution is 5.83. The van der Waals surface area contributed by atoms with E-state index in [1.165, 1.54) is 6.07 Å². The average molecular weight is 536 g/mol. The fourth-order valence-electron chi connectivity index (χ4n) is 4.86. The smallest absolute Gasteiger partial charge is 0.229 e. The number of aryl methyl sites for hydroxylation is 1. The van der Waals surface area contributed by atoms with Crippen molar-refractivity contribution in [3.05, 3.63) is 59.7 Å². The normalized spacial score (nSPS) is 14.9. The van der Waals surface area contributed by atoms with E-state index < -0.39 is 11.6 Å². The highest BCUT2D eigenvalue weighted by atomic mass is 19.1. The summed E-state index contributed by atoms with van der Waals surface area (Å²) in [6.07, 6.45) is 2.91. The van der Waals surface area contributed by atoms with E-state index in [1.807, 2.05) is 55.8 Å². The molecule has 0 bridgehead atoms. The Hall–Kier alpha value is -3.70. The van der Waals surface area contributed by atoms with E-state index in [1.54, 1.807) is 6.07 Å². The van der Waals surface area contributed by atoms with Gasteiger partial charge in [0.2, 0.25) is 5.95 Å². The van der Waals surface area contributed by atoms with Crippen LogP contribution in [-0.4, -0.2) is 80.2 Å². The molecule has 0 amide bonds. The van der Waals surface area contributed by atoms with Gasteiger partial charge in [0.15, 0.2) is 11.6 Å². The number of rotatable bonds is 8. The second-order valence-corrected chi connectivity index (χ2v) is 10.2. The van der Waals surface area contributed by atoms with E-state index >= 15 is 4.39 Å².